The molecule has 19 heavy (non-hydrogen) atoms. The van der Waals surface area contributed by atoms with Gasteiger partial charge in [-0.1, -0.05) is 31.2 Å². The van der Waals surface area contributed by atoms with Gasteiger partial charge in [-0.25, -0.2) is 0 Å². The first-order chi connectivity index (χ1) is 9.36. The molecule has 0 unspecified atom stereocenters. The summed E-state index contributed by atoms with van der Waals surface area (Å²) in [5.41, 5.74) is 5.06. The van der Waals surface area contributed by atoms with E-state index in [1.165, 1.54) is 27.7 Å². The van der Waals surface area contributed by atoms with Crippen molar-refractivity contribution < 1.29 is 0 Å². The zero-order valence-electron chi connectivity index (χ0n) is 11.1. The van der Waals surface area contributed by atoms with Crippen molar-refractivity contribution in [3.05, 3.63) is 65.9 Å². The number of hydrogen-bond acceptors (Lipinski definition) is 1. The van der Waals surface area contributed by atoms with Crippen molar-refractivity contribution in [3.63, 3.8) is 0 Å². The highest BCUT2D eigenvalue weighted by Gasteiger charge is 2.01. The van der Waals surface area contributed by atoms with Crippen LogP contribution in [0, 0.1) is 0 Å². The van der Waals surface area contributed by atoms with Crippen molar-refractivity contribution in [2.45, 2.75) is 19.9 Å². The number of anilines is 1. The van der Waals surface area contributed by atoms with Crippen LogP contribution in [0.5, 0.6) is 0 Å². The van der Waals surface area contributed by atoms with Crippen LogP contribution in [0.4, 0.5) is 5.69 Å². The van der Waals surface area contributed by atoms with E-state index in [2.05, 4.69) is 65.8 Å². The molecule has 2 nitrogen and oxygen atoms in total. The summed E-state index contributed by atoms with van der Waals surface area (Å²) in [5.74, 6) is 0. The van der Waals surface area contributed by atoms with Crippen LogP contribution in [0.1, 0.15) is 18.1 Å². The Morgan fingerprint density at radius 1 is 1.00 bits per heavy atom. The van der Waals surface area contributed by atoms with Gasteiger partial charge in [-0.3, -0.25) is 0 Å². The number of nitrogens with one attached hydrogen (secondary N) is 2. The molecular formula is C17H18N2. The molecule has 0 saturated heterocycles. The van der Waals surface area contributed by atoms with Crippen LogP contribution < -0.4 is 5.32 Å². The van der Waals surface area contributed by atoms with Gasteiger partial charge in [0.15, 0.2) is 0 Å². The maximum absolute atomic E-state index is 3.48. The number of fused-ring (bicyclic) bond motifs is 1. The van der Waals surface area contributed by atoms with E-state index in [0.717, 1.165) is 13.0 Å². The molecule has 0 radical (unpaired) electrons. The Hall–Kier alpha value is -2.22. The summed E-state index contributed by atoms with van der Waals surface area (Å²) < 4.78 is 0. The molecule has 1 aromatic heterocycles. The second-order valence-electron chi connectivity index (χ2n) is 4.76. The van der Waals surface area contributed by atoms with E-state index in [-0.39, 0.29) is 0 Å². The standard InChI is InChI=1S/C17H18N2/c1-2-13-6-8-15(9-7-13)19-12-14-4-3-5-17-16(14)10-11-18-17/h3-11,18-19H,2,12H2,1H3. The molecule has 3 rings (SSSR count). The van der Waals surface area contributed by atoms with E-state index in [1.54, 1.807) is 0 Å². The quantitative estimate of drug-likeness (QED) is 0.708. The molecule has 0 aliphatic rings. The Morgan fingerprint density at radius 3 is 2.63 bits per heavy atom. The molecule has 3 aromatic rings. The van der Waals surface area contributed by atoms with Crippen LogP contribution in [0.25, 0.3) is 10.9 Å². The van der Waals surface area contributed by atoms with Gasteiger partial charge in [0.1, 0.15) is 0 Å². The smallest absolute Gasteiger partial charge is 0.0457 e. The first-order valence-electron chi connectivity index (χ1n) is 6.74. The van der Waals surface area contributed by atoms with Gasteiger partial charge in [-0.05, 0) is 41.8 Å². The lowest BCUT2D eigenvalue weighted by Crippen LogP contribution is -1.99. The molecule has 2 aromatic carbocycles. The highest BCUT2D eigenvalue weighted by atomic mass is 14.9. The molecule has 0 fully saturated rings. The normalized spacial score (nSPS) is 10.8. The molecule has 2 N–H and O–H groups in total. The second-order valence-corrected chi connectivity index (χ2v) is 4.76. The lowest BCUT2D eigenvalue weighted by Gasteiger charge is -2.08. The number of aromatic amines is 1. The molecule has 0 amide bonds. The van der Waals surface area contributed by atoms with E-state index in [1.807, 2.05) is 6.20 Å². The number of aromatic nitrogens is 1. The zero-order valence-corrected chi connectivity index (χ0v) is 11.1. The summed E-state index contributed by atoms with van der Waals surface area (Å²) in [7, 11) is 0. The Balaban J connectivity index is 1.76. The largest absolute Gasteiger partial charge is 0.381 e. The maximum atomic E-state index is 3.48. The van der Waals surface area contributed by atoms with Crippen molar-refractivity contribution in [1.29, 1.82) is 0 Å². The minimum Gasteiger partial charge on any atom is -0.381 e. The monoisotopic (exact) mass is 250 g/mol. The van der Waals surface area contributed by atoms with Crippen LogP contribution in [0.2, 0.25) is 0 Å². The first kappa shape index (κ1) is 11.8. The fourth-order valence-electron chi connectivity index (χ4n) is 2.36. The fraction of sp³-hybridized carbons (Fsp3) is 0.176. The highest BCUT2D eigenvalue weighted by molar-refractivity contribution is 5.83. The molecule has 0 saturated carbocycles. The highest BCUT2D eigenvalue weighted by Crippen LogP contribution is 2.19. The van der Waals surface area contributed by atoms with Gasteiger partial charge in [0.05, 0.1) is 0 Å². The van der Waals surface area contributed by atoms with Gasteiger partial charge >= 0.3 is 0 Å². The van der Waals surface area contributed by atoms with Crippen LogP contribution in [0.15, 0.2) is 54.7 Å². The van der Waals surface area contributed by atoms with E-state index >= 15 is 0 Å². The summed E-state index contributed by atoms with van der Waals surface area (Å²) in [6, 6.07) is 17.2. The number of rotatable bonds is 4. The molecular weight excluding hydrogens is 232 g/mol. The topological polar surface area (TPSA) is 27.8 Å². The first-order valence-corrected chi connectivity index (χ1v) is 6.74. The third-order valence-corrected chi connectivity index (χ3v) is 3.53. The Labute approximate surface area is 113 Å². The molecule has 0 atom stereocenters. The third-order valence-electron chi connectivity index (χ3n) is 3.53. The van der Waals surface area contributed by atoms with E-state index in [0.29, 0.717) is 0 Å². The average molecular weight is 250 g/mol. The SMILES string of the molecule is CCc1ccc(NCc2cccc3[nH]ccc23)cc1. The van der Waals surface area contributed by atoms with Gasteiger partial charge in [0, 0.05) is 29.3 Å². The van der Waals surface area contributed by atoms with Crippen LogP contribution >= 0.6 is 0 Å². The Morgan fingerprint density at radius 2 is 1.84 bits per heavy atom. The molecule has 1 heterocycles. The van der Waals surface area contributed by atoms with Crippen LogP contribution in [-0.2, 0) is 13.0 Å². The number of H-pyrrole nitrogens is 1. The predicted octanol–water partition coefficient (Wildman–Crippen LogP) is 4.34. The van der Waals surface area contributed by atoms with Crippen LogP contribution in [-0.4, -0.2) is 4.98 Å². The van der Waals surface area contributed by atoms with Crippen molar-refractivity contribution in [1.82, 2.24) is 4.98 Å². The number of benzene rings is 2. The fourth-order valence-corrected chi connectivity index (χ4v) is 2.36. The minimum atomic E-state index is 0.848. The number of aryl methyl sites for hydroxylation is 1. The average Bonchev–Trinajstić information content (AvgIpc) is 2.94. The molecule has 0 aliphatic carbocycles. The zero-order chi connectivity index (χ0) is 13.1. The molecule has 96 valence electrons. The molecule has 2 heteroatoms. The third kappa shape index (κ3) is 2.48. The molecule has 0 spiro atoms. The summed E-state index contributed by atoms with van der Waals surface area (Å²) in [4.78, 5) is 3.25. The summed E-state index contributed by atoms with van der Waals surface area (Å²) >= 11 is 0. The van der Waals surface area contributed by atoms with Crippen molar-refractivity contribution in [3.8, 4) is 0 Å². The number of hydrogen-bond donors (Lipinski definition) is 2. The van der Waals surface area contributed by atoms with Gasteiger partial charge < -0.3 is 10.3 Å². The van der Waals surface area contributed by atoms with Crippen molar-refractivity contribution >= 4 is 16.6 Å². The van der Waals surface area contributed by atoms with Crippen LogP contribution in [0.3, 0.4) is 0 Å². The van der Waals surface area contributed by atoms with E-state index in [4.69, 9.17) is 0 Å². The summed E-state index contributed by atoms with van der Waals surface area (Å²) in [5, 5.41) is 4.77. The van der Waals surface area contributed by atoms with Gasteiger partial charge in [0.25, 0.3) is 0 Å². The molecule has 0 bridgehead atoms. The van der Waals surface area contributed by atoms with E-state index in [9.17, 15) is 0 Å². The van der Waals surface area contributed by atoms with Crippen molar-refractivity contribution in [2.24, 2.45) is 0 Å². The van der Waals surface area contributed by atoms with Gasteiger partial charge in [-0.2, -0.15) is 0 Å². The lowest BCUT2D eigenvalue weighted by molar-refractivity contribution is 1.13. The van der Waals surface area contributed by atoms with Gasteiger partial charge in [0.2, 0.25) is 0 Å². The van der Waals surface area contributed by atoms with Gasteiger partial charge in [-0.15, -0.1) is 0 Å². The summed E-state index contributed by atoms with van der Waals surface area (Å²) in [6.45, 7) is 3.02. The predicted molar refractivity (Wildman–Crippen MR) is 81.4 cm³/mol. The maximum Gasteiger partial charge on any atom is 0.0457 e. The lowest BCUT2D eigenvalue weighted by atomic mass is 10.1. The Kier molecular flexibility index (Phi) is 3.23. The second kappa shape index (κ2) is 5.19. The minimum absolute atomic E-state index is 0.848. The summed E-state index contributed by atoms with van der Waals surface area (Å²) in [6.07, 6.45) is 3.08. The van der Waals surface area contributed by atoms with Crippen molar-refractivity contribution in [2.75, 3.05) is 5.32 Å². The Bertz CT molecular complexity index is 665. The van der Waals surface area contributed by atoms with E-state index < -0.39 is 0 Å². The molecule has 0 aliphatic heterocycles.